The summed E-state index contributed by atoms with van der Waals surface area (Å²) in [7, 11) is 5.18. The number of aromatic nitrogens is 1. The van der Waals surface area contributed by atoms with E-state index in [1.165, 1.54) is 0 Å². The van der Waals surface area contributed by atoms with Crippen LogP contribution in [0.4, 0.5) is 0 Å². The summed E-state index contributed by atoms with van der Waals surface area (Å²) in [5.41, 5.74) is 2.62. The van der Waals surface area contributed by atoms with Crippen LogP contribution in [0.25, 0.3) is 16.4 Å². The fraction of sp³-hybridized carbons (Fsp3) is 0.188. The van der Waals surface area contributed by atoms with E-state index in [2.05, 4.69) is 0 Å². The van der Waals surface area contributed by atoms with Crippen LogP contribution in [0, 0.1) is 0 Å². The predicted molar refractivity (Wildman–Crippen MR) is 79.5 cm³/mol. The number of carbonyl (C=O) groups excluding carboxylic acids is 1. The molecular weight excluding hydrogens is 252 g/mol. The van der Waals surface area contributed by atoms with Crippen LogP contribution in [0.5, 0.6) is 5.75 Å². The third-order valence-corrected chi connectivity index (χ3v) is 3.47. The van der Waals surface area contributed by atoms with Gasteiger partial charge in [-0.3, -0.25) is 4.79 Å². The lowest BCUT2D eigenvalue weighted by molar-refractivity contribution is 0.0831. The van der Waals surface area contributed by atoms with Crippen molar-refractivity contribution in [3.63, 3.8) is 0 Å². The molecule has 1 amide bonds. The molecule has 102 valence electrons. The van der Waals surface area contributed by atoms with Gasteiger partial charge >= 0.3 is 0 Å². The Labute approximate surface area is 117 Å². The maximum atomic E-state index is 12.5. The van der Waals surface area contributed by atoms with E-state index in [0.29, 0.717) is 0 Å². The minimum atomic E-state index is 0.00821. The molecule has 0 aliphatic heterocycles. The molecule has 0 atom stereocenters. The lowest BCUT2D eigenvalue weighted by atomic mass is 10.1. The first kappa shape index (κ1) is 12.5. The molecule has 4 heteroatoms. The fourth-order valence-corrected chi connectivity index (χ4v) is 2.49. The van der Waals surface area contributed by atoms with Crippen molar-refractivity contribution in [1.82, 2.24) is 9.30 Å². The maximum absolute atomic E-state index is 12.5. The Morgan fingerprint density at radius 3 is 2.65 bits per heavy atom. The van der Waals surface area contributed by atoms with E-state index < -0.39 is 0 Å². The van der Waals surface area contributed by atoms with E-state index in [4.69, 9.17) is 4.74 Å². The molecular formula is C16H16N2O2. The number of rotatable bonds is 2. The zero-order valence-electron chi connectivity index (χ0n) is 11.8. The maximum Gasteiger partial charge on any atom is 0.256 e. The Balaban J connectivity index is 2.44. The lowest BCUT2D eigenvalue weighted by Gasteiger charge is -2.09. The van der Waals surface area contributed by atoms with Gasteiger partial charge in [-0.1, -0.05) is 6.07 Å². The minimum absolute atomic E-state index is 0.00821. The number of carbonyl (C=O) groups is 1. The van der Waals surface area contributed by atoms with Crippen LogP contribution in [-0.2, 0) is 0 Å². The van der Waals surface area contributed by atoms with E-state index in [-0.39, 0.29) is 5.91 Å². The topological polar surface area (TPSA) is 34.0 Å². The van der Waals surface area contributed by atoms with E-state index >= 15 is 0 Å². The first-order chi connectivity index (χ1) is 9.63. The highest BCUT2D eigenvalue weighted by Crippen LogP contribution is 2.30. The molecule has 20 heavy (non-hydrogen) atoms. The highest BCUT2D eigenvalue weighted by Gasteiger charge is 2.19. The van der Waals surface area contributed by atoms with Crippen LogP contribution in [0.2, 0.25) is 0 Å². The van der Waals surface area contributed by atoms with Gasteiger partial charge in [-0.25, -0.2) is 0 Å². The molecule has 2 heterocycles. The van der Waals surface area contributed by atoms with Gasteiger partial charge in [0.05, 0.1) is 23.7 Å². The molecule has 0 N–H and O–H groups in total. The van der Waals surface area contributed by atoms with Gasteiger partial charge in [0.2, 0.25) is 0 Å². The Morgan fingerprint density at radius 2 is 1.95 bits per heavy atom. The summed E-state index contributed by atoms with van der Waals surface area (Å²) in [5.74, 6) is 0.790. The van der Waals surface area contributed by atoms with Gasteiger partial charge < -0.3 is 14.0 Å². The van der Waals surface area contributed by atoms with Crippen molar-refractivity contribution in [2.75, 3.05) is 21.2 Å². The van der Waals surface area contributed by atoms with Gasteiger partial charge in [0.25, 0.3) is 5.91 Å². The van der Waals surface area contributed by atoms with Crippen molar-refractivity contribution < 1.29 is 9.53 Å². The van der Waals surface area contributed by atoms with Gasteiger partial charge in [-0.15, -0.1) is 0 Å². The lowest BCUT2D eigenvalue weighted by Crippen LogP contribution is -2.21. The average Bonchev–Trinajstić information content (AvgIpc) is 2.80. The number of amides is 1. The van der Waals surface area contributed by atoms with E-state index in [1.807, 2.05) is 47.0 Å². The third-order valence-electron chi connectivity index (χ3n) is 3.47. The molecule has 0 saturated carbocycles. The molecule has 3 rings (SSSR count). The number of nitrogens with zero attached hydrogens (tertiary/aromatic N) is 2. The molecule has 0 unspecified atom stereocenters. The van der Waals surface area contributed by atoms with Crippen LogP contribution >= 0.6 is 0 Å². The number of hydrogen-bond acceptors (Lipinski definition) is 2. The molecule has 0 spiro atoms. The van der Waals surface area contributed by atoms with Crippen LogP contribution in [0.15, 0.2) is 42.6 Å². The average molecular weight is 268 g/mol. The van der Waals surface area contributed by atoms with E-state index in [9.17, 15) is 4.79 Å². The molecule has 2 aromatic heterocycles. The molecule has 0 saturated heterocycles. The minimum Gasteiger partial charge on any atom is -0.497 e. The molecule has 4 nitrogen and oxygen atoms in total. The highest BCUT2D eigenvalue weighted by molar-refractivity contribution is 6.13. The largest absolute Gasteiger partial charge is 0.497 e. The normalized spacial score (nSPS) is 10.9. The van der Waals surface area contributed by atoms with Gasteiger partial charge in [0, 0.05) is 31.7 Å². The van der Waals surface area contributed by atoms with Gasteiger partial charge in [-0.05, 0) is 24.3 Å². The first-order valence-electron chi connectivity index (χ1n) is 6.42. The van der Waals surface area contributed by atoms with Crippen molar-refractivity contribution in [3.8, 4) is 5.75 Å². The monoisotopic (exact) mass is 268 g/mol. The number of fused-ring (bicyclic) bond motifs is 3. The highest BCUT2D eigenvalue weighted by atomic mass is 16.5. The van der Waals surface area contributed by atoms with Crippen LogP contribution in [-0.4, -0.2) is 36.4 Å². The van der Waals surface area contributed by atoms with Crippen molar-refractivity contribution in [2.45, 2.75) is 0 Å². The van der Waals surface area contributed by atoms with Crippen molar-refractivity contribution in [3.05, 3.63) is 48.2 Å². The zero-order chi connectivity index (χ0) is 14.3. The van der Waals surface area contributed by atoms with Crippen molar-refractivity contribution in [1.29, 1.82) is 0 Å². The Kier molecular flexibility index (Phi) is 2.86. The summed E-state index contributed by atoms with van der Waals surface area (Å²) in [6.07, 6.45) is 1.96. The second-order valence-corrected chi connectivity index (χ2v) is 4.91. The van der Waals surface area contributed by atoms with Crippen LogP contribution in [0.1, 0.15) is 10.4 Å². The number of methoxy groups -OCH3 is 1. The molecule has 0 aliphatic carbocycles. The fourth-order valence-electron chi connectivity index (χ4n) is 2.49. The van der Waals surface area contributed by atoms with Crippen LogP contribution < -0.4 is 4.74 Å². The number of pyridine rings is 1. The Hall–Kier alpha value is -2.49. The third kappa shape index (κ3) is 1.72. The zero-order valence-corrected chi connectivity index (χ0v) is 11.8. The molecule has 1 aromatic carbocycles. The summed E-state index contributed by atoms with van der Waals surface area (Å²) in [4.78, 5) is 14.1. The van der Waals surface area contributed by atoms with E-state index in [0.717, 1.165) is 27.7 Å². The van der Waals surface area contributed by atoms with E-state index in [1.54, 1.807) is 26.1 Å². The molecule has 3 aromatic rings. The second kappa shape index (κ2) is 4.56. The quantitative estimate of drug-likeness (QED) is 0.716. The summed E-state index contributed by atoms with van der Waals surface area (Å²) >= 11 is 0. The van der Waals surface area contributed by atoms with Crippen molar-refractivity contribution >= 4 is 22.3 Å². The summed E-state index contributed by atoms with van der Waals surface area (Å²) in [5, 5.41) is 0.940. The van der Waals surface area contributed by atoms with Gasteiger partial charge in [0.1, 0.15) is 5.75 Å². The van der Waals surface area contributed by atoms with Crippen molar-refractivity contribution in [2.24, 2.45) is 0 Å². The Morgan fingerprint density at radius 1 is 1.15 bits per heavy atom. The number of ether oxygens (including phenoxy) is 1. The number of benzene rings is 1. The molecule has 0 radical (unpaired) electrons. The van der Waals surface area contributed by atoms with Gasteiger partial charge in [0.15, 0.2) is 0 Å². The second-order valence-electron chi connectivity index (χ2n) is 4.91. The summed E-state index contributed by atoms with van der Waals surface area (Å²) in [6, 6.07) is 11.6. The smallest absolute Gasteiger partial charge is 0.256 e. The number of hydrogen-bond donors (Lipinski definition) is 0. The molecule has 0 aliphatic rings. The predicted octanol–water partition coefficient (Wildman–Crippen LogP) is 2.80. The molecule has 0 bridgehead atoms. The standard InChI is InChI=1S/C16H16N2O2/c1-17(2)16(19)15-12-8-7-11(20-3)10-14(12)18-9-5-4-6-13(15)18/h4-10H,1-3H3. The first-order valence-corrected chi connectivity index (χ1v) is 6.42. The van der Waals surface area contributed by atoms with Gasteiger partial charge in [-0.2, -0.15) is 0 Å². The Bertz CT molecular complexity index is 803. The summed E-state index contributed by atoms with van der Waals surface area (Å²) in [6.45, 7) is 0. The molecule has 0 fully saturated rings. The van der Waals surface area contributed by atoms with Crippen LogP contribution in [0.3, 0.4) is 0 Å². The summed E-state index contributed by atoms with van der Waals surface area (Å²) < 4.78 is 7.30. The SMILES string of the molecule is COc1ccc2c(C(=O)N(C)C)c3ccccn3c2c1.